The predicted molar refractivity (Wildman–Crippen MR) is 90.7 cm³/mol. The molecule has 0 aromatic heterocycles. The van der Waals surface area contributed by atoms with Gasteiger partial charge in [-0.2, -0.15) is 0 Å². The summed E-state index contributed by atoms with van der Waals surface area (Å²) in [6, 6.07) is 16.8. The highest BCUT2D eigenvalue weighted by Gasteiger charge is 1.98. The van der Waals surface area contributed by atoms with Gasteiger partial charge in [-0.05, 0) is 30.7 Å². The van der Waals surface area contributed by atoms with Gasteiger partial charge in [0.1, 0.15) is 5.75 Å². The van der Waals surface area contributed by atoms with Crippen molar-refractivity contribution < 1.29 is 14.6 Å². The number of phenolic OH excluding ortho intramolecular Hbond substituents is 1. The molecule has 0 aliphatic carbocycles. The van der Waals surface area contributed by atoms with Gasteiger partial charge in [-0.15, -0.1) is 0 Å². The summed E-state index contributed by atoms with van der Waals surface area (Å²) in [6.07, 6.45) is 4.74. The summed E-state index contributed by atoms with van der Waals surface area (Å²) >= 11 is 0. The van der Waals surface area contributed by atoms with Gasteiger partial charge >= 0.3 is 0 Å². The molecule has 0 bridgehead atoms. The summed E-state index contributed by atoms with van der Waals surface area (Å²) < 4.78 is 10.3. The topological polar surface area (TPSA) is 38.7 Å². The first-order valence-electron chi connectivity index (χ1n) is 7.77. The summed E-state index contributed by atoms with van der Waals surface area (Å²) in [5, 5.41) is 9.39. The number of phenols is 1. The first-order valence-corrected chi connectivity index (χ1v) is 7.77. The molecule has 0 fully saturated rings. The van der Waals surface area contributed by atoms with Crippen molar-refractivity contribution in [1.82, 2.24) is 0 Å². The highest BCUT2D eigenvalue weighted by atomic mass is 16.5. The largest absolute Gasteiger partial charge is 0.504 e. The quantitative estimate of drug-likeness (QED) is 0.728. The van der Waals surface area contributed by atoms with Crippen molar-refractivity contribution in [2.45, 2.75) is 32.6 Å². The van der Waals surface area contributed by atoms with Gasteiger partial charge in [-0.25, -0.2) is 0 Å². The van der Waals surface area contributed by atoms with Crippen molar-refractivity contribution in [3.8, 4) is 17.2 Å². The maximum atomic E-state index is 9.39. The Balaban J connectivity index is 0.000000255. The molecule has 0 saturated heterocycles. The summed E-state index contributed by atoms with van der Waals surface area (Å²) in [4.78, 5) is 0. The summed E-state index contributed by atoms with van der Waals surface area (Å²) in [5.41, 5.74) is 0. The fourth-order valence-electron chi connectivity index (χ4n) is 1.85. The maximum Gasteiger partial charge on any atom is 0.160 e. The number of para-hydroxylation sites is 3. The second-order valence-electron chi connectivity index (χ2n) is 4.89. The van der Waals surface area contributed by atoms with E-state index in [1.54, 1.807) is 25.3 Å². The van der Waals surface area contributed by atoms with Crippen LogP contribution in [0.4, 0.5) is 0 Å². The van der Waals surface area contributed by atoms with Crippen LogP contribution in [0.2, 0.25) is 0 Å². The van der Waals surface area contributed by atoms with Crippen LogP contribution in [0.3, 0.4) is 0 Å². The smallest absolute Gasteiger partial charge is 0.160 e. The minimum Gasteiger partial charge on any atom is -0.504 e. The van der Waals surface area contributed by atoms with Crippen molar-refractivity contribution in [2.24, 2.45) is 0 Å². The zero-order valence-electron chi connectivity index (χ0n) is 13.5. The molecule has 2 aromatic rings. The van der Waals surface area contributed by atoms with E-state index < -0.39 is 0 Å². The molecule has 3 heteroatoms. The molecule has 0 aliphatic rings. The second-order valence-corrected chi connectivity index (χ2v) is 4.89. The summed E-state index contributed by atoms with van der Waals surface area (Å²) in [6.45, 7) is 2.88. The van der Waals surface area contributed by atoms with Crippen molar-refractivity contribution in [1.29, 1.82) is 0 Å². The van der Waals surface area contributed by atoms with Gasteiger partial charge in [-0.1, -0.05) is 56.5 Å². The van der Waals surface area contributed by atoms with Crippen LogP contribution in [-0.4, -0.2) is 18.8 Å². The zero-order chi connectivity index (χ0) is 16.0. The van der Waals surface area contributed by atoms with Crippen LogP contribution >= 0.6 is 0 Å². The Bertz CT molecular complexity index is 497. The van der Waals surface area contributed by atoms with Crippen LogP contribution in [-0.2, 0) is 0 Å². The van der Waals surface area contributed by atoms with E-state index in [9.17, 15) is 5.11 Å². The first kappa shape index (κ1) is 17.9. The standard InChI is InChI=1S/C12H18O2.C7H8O/c1-2-3-4-7-10-14-12-9-6-5-8-11(12)13;1-8-7-5-3-2-4-6-7/h5-6,8-9,13H,2-4,7,10H2,1H3;2-6H,1H3. The SMILES string of the molecule is CCCCCCOc1ccccc1O.COc1ccccc1. The number of methoxy groups -OCH3 is 1. The highest BCUT2D eigenvalue weighted by molar-refractivity contribution is 5.37. The Morgan fingerprint density at radius 1 is 0.864 bits per heavy atom. The average Bonchev–Trinajstić information content (AvgIpc) is 2.57. The molecule has 0 heterocycles. The predicted octanol–water partition coefficient (Wildman–Crippen LogP) is 5.05. The normalized spacial score (nSPS) is 9.55. The van der Waals surface area contributed by atoms with E-state index >= 15 is 0 Å². The molecule has 2 rings (SSSR count). The molecule has 0 saturated carbocycles. The molecule has 0 spiro atoms. The lowest BCUT2D eigenvalue weighted by Gasteiger charge is -2.06. The zero-order valence-corrected chi connectivity index (χ0v) is 13.5. The van der Waals surface area contributed by atoms with Gasteiger partial charge in [0.15, 0.2) is 11.5 Å². The first-order chi connectivity index (χ1) is 10.8. The molecule has 0 atom stereocenters. The maximum absolute atomic E-state index is 9.39. The number of unbranched alkanes of at least 4 members (excludes halogenated alkanes) is 3. The molecular formula is C19H26O3. The van der Waals surface area contributed by atoms with Crippen LogP contribution in [0.5, 0.6) is 17.2 Å². The van der Waals surface area contributed by atoms with Gasteiger partial charge < -0.3 is 14.6 Å². The molecule has 0 aliphatic heterocycles. The van der Waals surface area contributed by atoms with Crippen LogP contribution in [0.15, 0.2) is 54.6 Å². The molecule has 2 aromatic carbocycles. The molecular weight excluding hydrogens is 276 g/mol. The van der Waals surface area contributed by atoms with Gasteiger partial charge in [0.2, 0.25) is 0 Å². The van der Waals surface area contributed by atoms with Crippen molar-refractivity contribution >= 4 is 0 Å². The Kier molecular flexibility index (Phi) is 9.35. The molecule has 0 amide bonds. The lowest BCUT2D eigenvalue weighted by molar-refractivity contribution is 0.289. The third kappa shape index (κ3) is 7.58. The third-order valence-corrected chi connectivity index (χ3v) is 3.10. The molecule has 0 radical (unpaired) electrons. The third-order valence-electron chi connectivity index (χ3n) is 3.10. The number of aromatic hydroxyl groups is 1. The molecule has 120 valence electrons. The van der Waals surface area contributed by atoms with Gasteiger partial charge in [0, 0.05) is 0 Å². The van der Waals surface area contributed by atoms with Crippen molar-refractivity contribution in [3.63, 3.8) is 0 Å². The Morgan fingerprint density at radius 3 is 2.14 bits per heavy atom. The van der Waals surface area contributed by atoms with Crippen LogP contribution in [0.25, 0.3) is 0 Å². The van der Waals surface area contributed by atoms with E-state index in [0.717, 1.165) is 12.2 Å². The minimum absolute atomic E-state index is 0.225. The Morgan fingerprint density at radius 2 is 1.55 bits per heavy atom. The van der Waals surface area contributed by atoms with Gasteiger partial charge in [0.25, 0.3) is 0 Å². The van der Waals surface area contributed by atoms with E-state index in [0.29, 0.717) is 12.4 Å². The second kappa shape index (κ2) is 11.5. The number of ether oxygens (including phenoxy) is 2. The van der Waals surface area contributed by atoms with Gasteiger partial charge in [-0.3, -0.25) is 0 Å². The fraction of sp³-hybridized carbons (Fsp3) is 0.368. The fourth-order valence-corrected chi connectivity index (χ4v) is 1.85. The van der Waals surface area contributed by atoms with Crippen LogP contribution in [0.1, 0.15) is 32.6 Å². The van der Waals surface area contributed by atoms with Crippen LogP contribution in [0, 0.1) is 0 Å². The number of rotatable bonds is 7. The average molecular weight is 302 g/mol. The van der Waals surface area contributed by atoms with E-state index in [2.05, 4.69) is 6.92 Å². The number of hydrogen-bond donors (Lipinski definition) is 1. The lowest BCUT2D eigenvalue weighted by Crippen LogP contribution is -1.97. The highest BCUT2D eigenvalue weighted by Crippen LogP contribution is 2.24. The Hall–Kier alpha value is -2.16. The monoisotopic (exact) mass is 302 g/mol. The van der Waals surface area contributed by atoms with Crippen molar-refractivity contribution in [2.75, 3.05) is 13.7 Å². The van der Waals surface area contributed by atoms with E-state index in [1.165, 1.54) is 19.3 Å². The van der Waals surface area contributed by atoms with E-state index in [4.69, 9.17) is 9.47 Å². The van der Waals surface area contributed by atoms with E-state index in [-0.39, 0.29) is 5.75 Å². The van der Waals surface area contributed by atoms with Crippen molar-refractivity contribution in [3.05, 3.63) is 54.6 Å². The van der Waals surface area contributed by atoms with Gasteiger partial charge in [0.05, 0.1) is 13.7 Å². The minimum atomic E-state index is 0.225. The van der Waals surface area contributed by atoms with Crippen LogP contribution < -0.4 is 9.47 Å². The molecule has 3 nitrogen and oxygen atoms in total. The Labute approximate surface area is 133 Å². The lowest BCUT2D eigenvalue weighted by atomic mass is 10.2. The molecule has 0 unspecified atom stereocenters. The number of hydrogen-bond acceptors (Lipinski definition) is 3. The number of benzene rings is 2. The molecule has 22 heavy (non-hydrogen) atoms. The summed E-state index contributed by atoms with van der Waals surface area (Å²) in [5.74, 6) is 1.72. The van der Waals surface area contributed by atoms with E-state index in [1.807, 2.05) is 36.4 Å². The summed E-state index contributed by atoms with van der Waals surface area (Å²) in [7, 11) is 1.66. The molecule has 1 N–H and O–H groups in total.